The predicted octanol–water partition coefficient (Wildman–Crippen LogP) is 2.69. The molecule has 0 saturated heterocycles. The van der Waals surface area contributed by atoms with Crippen molar-refractivity contribution < 1.29 is 9.15 Å². The lowest BCUT2D eigenvalue weighted by atomic mass is 10.4. The van der Waals surface area contributed by atoms with Crippen molar-refractivity contribution in [1.82, 2.24) is 14.3 Å². The summed E-state index contributed by atoms with van der Waals surface area (Å²) in [5, 5.41) is 0.588. The highest BCUT2D eigenvalue weighted by Crippen LogP contribution is 2.29. The van der Waals surface area contributed by atoms with E-state index in [0.29, 0.717) is 11.0 Å². The van der Waals surface area contributed by atoms with Crippen LogP contribution in [0.15, 0.2) is 20.2 Å². The summed E-state index contributed by atoms with van der Waals surface area (Å²) in [6.45, 7) is 3.79. The molecular formula is C9H11N3O2S2. The van der Waals surface area contributed by atoms with E-state index in [1.54, 1.807) is 13.4 Å². The summed E-state index contributed by atoms with van der Waals surface area (Å²) in [6, 6.07) is 0. The molecule has 86 valence electrons. The second-order valence-corrected chi connectivity index (χ2v) is 5.10. The molecule has 0 N–H and O–H groups in total. The van der Waals surface area contributed by atoms with Crippen molar-refractivity contribution in [3.05, 3.63) is 17.8 Å². The third kappa shape index (κ3) is 2.60. The molecule has 1 unspecified atom stereocenters. The van der Waals surface area contributed by atoms with Gasteiger partial charge in [0.05, 0.1) is 5.69 Å². The van der Waals surface area contributed by atoms with Crippen molar-refractivity contribution in [2.75, 3.05) is 7.11 Å². The smallest absolute Gasteiger partial charge is 0.263 e. The number of hydrogen-bond acceptors (Lipinski definition) is 7. The highest BCUT2D eigenvalue weighted by Gasteiger charge is 2.13. The highest BCUT2D eigenvalue weighted by molar-refractivity contribution is 8.00. The summed E-state index contributed by atoms with van der Waals surface area (Å²) in [7, 11) is 1.63. The minimum absolute atomic E-state index is 0.0862. The van der Waals surface area contributed by atoms with Crippen LogP contribution in [0.3, 0.4) is 0 Å². The molecule has 1 atom stereocenters. The summed E-state index contributed by atoms with van der Waals surface area (Å²) < 4.78 is 15.4. The van der Waals surface area contributed by atoms with E-state index in [2.05, 4.69) is 14.3 Å². The molecule has 0 aliphatic rings. The van der Waals surface area contributed by atoms with Crippen molar-refractivity contribution in [3.63, 3.8) is 0 Å². The molecule has 0 radical (unpaired) electrons. The number of oxazole rings is 1. The Hall–Kier alpha value is -0.920. The average Bonchev–Trinajstić information content (AvgIpc) is 2.87. The molecule has 2 heterocycles. The van der Waals surface area contributed by atoms with E-state index in [9.17, 15) is 0 Å². The number of hydrogen-bond donors (Lipinski definition) is 0. The fourth-order valence-corrected chi connectivity index (χ4v) is 2.53. The number of aromatic nitrogens is 3. The number of ether oxygens (including phenoxy) is 1. The number of methoxy groups -OCH3 is 1. The molecule has 2 aromatic rings. The molecule has 7 heteroatoms. The second kappa shape index (κ2) is 4.94. The second-order valence-electron chi connectivity index (χ2n) is 3.15. The number of aryl methyl sites for hydroxylation is 1. The number of nitrogens with zero attached hydrogens (tertiary/aromatic N) is 3. The number of rotatable bonds is 4. The van der Waals surface area contributed by atoms with Crippen molar-refractivity contribution in [2.24, 2.45) is 0 Å². The molecule has 0 spiro atoms. The van der Waals surface area contributed by atoms with Gasteiger partial charge in [0, 0.05) is 18.9 Å². The van der Waals surface area contributed by atoms with Crippen LogP contribution in [0.4, 0.5) is 0 Å². The van der Waals surface area contributed by atoms with Gasteiger partial charge in [0.1, 0.15) is 12.4 Å². The van der Waals surface area contributed by atoms with Gasteiger partial charge in [-0.1, -0.05) is 0 Å². The first-order valence-electron chi connectivity index (χ1n) is 4.65. The minimum atomic E-state index is -0.0862. The maximum absolute atomic E-state index is 5.22. The van der Waals surface area contributed by atoms with E-state index in [1.165, 1.54) is 23.3 Å². The Labute approximate surface area is 101 Å². The van der Waals surface area contributed by atoms with Crippen LogP contribution in [0.25, 0.3) is 0 Å². The lowest BCUT2D eigenvalue weighted by molar-refractivity contribution is 0.113. The van der Waals surface area contributed by atoms with Gasteiger partial charge in [-0.2, -0.15) is 4.37 Å². The fraction of sp³-hybridized carbons (Fsp3) is 0.444. The first-order valence-corrected chi connectivity index (χ1v) is 6.24. The minimum Gasteiger partial charge on any atom is -0.439 e. The van der Waals surface area contributed by atoms with Crippen molar-refractivity contribution >= 4 is 23.3 Å². The van der Waals surface area contributed by atoms with Crippen molar-refractivity contribution in [3.8, 4) is 0 Å². The van der Waals surface area contributed by atoms with Crippen molar-refractivity contribution in [2.45, 2.75) is 29.5 Å². The zero-order valence-electron chi connectivity index (χ0n) is 9.13. The molecular weight excluding hydrogens is 246 g/mol. The molecule has 2 aromatic heterocycles. The fourth-order valence-electron chi connectivity index (χ4n) is 0.986. The van der Waals surface area contributed by atoms with E-state index in [-0.39, 0.29) is 6.10 Å². The first kappa shape index (κ1) is 11.6. The molecule has 5 nitrogen and oxygen atoms in total. The zero-order chi connectivity index (χ0) is 11.5. The van der Waals surface area contributed by atoms with E-state index in [1.807, 2.05) is 13.8 Å². The van der Waals surface area contributed by atoms with Gasteiger partial charge in [0.25, 0.3) is 5.22 Å². The third-order valence-corrected chi connectivity index (χ3v) is 3.54. The summed E-state index contributed by atoms with van der Waals surface area (Å²) in [5.74, 6) is 0.693. The molecule has 0 saturated carbocycles. The van der Waals surface area contributed by atoms with Crippen molar-refractivity contribution in [1.29, 1.82) is 0 Å². The summed E-state index contributed by atoms with van der Waals surface area (Å²) in [5.41, 5.74) is 0.859. The Kier molecular flexibility index (Phi) is 3.57. The van der Waals surface area contributed by atoms with Gasteiger partial charge in [-0.15, -0.1) is 0 Å². The van der Waals surface area contributed by atoms with Crippen LogP contribution in [-0.4, -0.2) is 21.5 Å². The first-order chi connectivity index (χ1) is 7.69. The van der Waals surface area contributed by atoms with Gasteiger partial charge in [-0.05, 0) is 25.4 Å². The third-order valence-electron chi connectivity index (χ3n) is 1.91. The Balaban J connectivity index is 2.08. The van der Waals surface area contributed by atoms with Crippen LogP contribution in [0.5, 0.6) is 0 Å². The van der Waals surface area contributed by atoms with Gasteiger partial charge in [0.2, 0.25) is 0 Å². The van der Waals surface area contributed by atoms with E-state index >= 15 is 0 Å². The van der Waals surface area contributed by atoms with Crippen LogP contribution >= 0.6 is 23.3 Å². The molecule has 0 aromatic carbocycles. The topological polar surface area (TPSA) is 61.0 Å². The summed E-state index contributed by atoms with van der Waals surface area (Å²) in [4.78, 5) is 8.52. The molecule has 16 heavy (non-hydrogen) atoms. The SMILES string of the molecule is COC(C)c1nsc(Sc2nc(C)co2)n1. The molecule has 0 fully saturated rings. The van der Waals surface area contributed by atoms with E-state index in [0.717, 1.165) is 10.0 Å². The van der Waals surface area contributed by atoms with Gasteiger partial charge >= 0.3 is 0 Å². The average molecular weight is 257 g/mol. The maximum atomic E-state index is 5.22. The predicted molar refractivity (Wildman–Crippen MR) is 60.7 cm³/mol. The van der Waals surface area contributed by atoms with Crippen LogP contribution in [0.1, 0.15) is 24.5 Å². The maximum Gasteiger partial charge on any atom is 0.263 e. The zero-order valence-corrected chi connectivity index (χ0v) is 10.8. The summed E-state index contributed by atoms with van der Waals surface area (Å²) in [6.07, 6.45) is 1.53. The molecule has 2 rings (SSSR count). The Bertz CT molecular complexity index is 469. The van der Waals surface area contributed by atoms with E-state index in [4.69, 9.17) is 9.15 Å². The molecule has 0 bridgehead atoms. The Morgan fingerprint density at radius 1 is 1.50 bits per heavy atom. The van der Waals surface area contributed by atoms with Gasteiger partial charge in [-0.25, -0.2) is 9.97 Å². The van der Waals surface area contributed by atoms with Crippen LogP contribution < -0.4 is 0 Å². The molecule has 0 aliphatic carbocycles. The van der Waals surface area contributed by atoms with Gasteiger partial charge in [-0.3, -0.25) is 0 Å². The lowest BCUT2D eigenvalue weighted by Gasteiger charge is -2.01. The summed E-state index contributed by atoms with van der Waals surface area (Å²) >= 11 is 2.69. The Morgan fingerprint density at radius 2 is 2.31 bits per heavy atom. The molecule has 0 aliphatic heterocycles. The highest BCUT2D eigenvalue weighted by atomic mass is 32.2. The van der Waals surface area contributed by atoms with Gasteiger partial charge in [0.15, 0.2) is 10.2 Å². The quantitative estimate of drug-likeness (QED) is 0.839. The van der Waals surface area contributed by atoms with E-state index < -0.39 is 0 Å². The normalized spacial score (nSPS) is 12.9. The van der Waals surface area contributed by atoms with Gasteiger partial charge < -0.3 is 9.15 Å². The van der Waals surface area contributed by atoms with Crippen LogP contribution in [-0.2, 0) is 4.74 Å². The Morgan fingerprint density at radius 3 is 2.94 bits per heavy atom. The molecule has 0 amide bonds. The standard InChI is InChI=1S/C9H11N3O2S2/c1-5-4-14-8(10-5)15-9-11-7(12-16-9)6(2)13-3/h4,6H,1-3H3. The van der Waals surface area contributed by atoms with Crippen LogP contribution in [0, 0.1) is 6.92 Å². The lowest BCUT2D eigenvalue weighted by Crippen LogP contribution is -1.97. The monoisotopic (exact) mass is 257 g/mol. The largest absolute Gasteiger partial charge is 0.439 e. The van der Waals surface area contributed by atoms with Crippen LogP contribution in [0.2, 0.25) is 0 Å².